The molecular formula is C14H26N2O3. The number of hydrogen-bond donors (Lipinski definition) is 3. The Morgan fingerprint density at radius 3 is 2.84 bits per heavy atom. The van der Waals surface area contributed by atoms with E-state index in [4.69, 9.17) is 4.74 Å². The topological polar surface area (TPSA) is 70.6 Å². The van der Waals surface area contributed by atoms with Gasteiger partial charge in [0.1, 0.15) is 0 Å². The van der Waals surface area contributed by atoms with Gasteiger partial charge in [0, 0.05) is 18.5 Å². The maximum absolute atomic E-state index is 12.2. The zero-order valence-electron chi connectivity index (χ0n) is 11.7. The third-order valence-corrected chi connectivity index (χ3v) is 4.29. The molecule has 0 spiro atoms. The quantitative estimate of drug-likeness (QED) is 0.671. The molecule has 4 unspecified atom stereocenters. The van der Waals surface area contributed by atoms with E-state index in [0.717, 1.165) is 32.2 Å². The van der Waals surface area contributed by atoms with E-state index in [1.54, 1.807) is 0 Å². The van der Waals surface area contributed by atoms with Crippen molar-refractivity contribution in [1.82, 2.24) is 10.6 Å². The average molecular weight is 270 g/mol. The highest BCUT2D eigenvalue weighted by atomic mass is 16.5. The van der Waals surface area contributed by atoms with Crippen LogP contribution in [0, 0.1) is 11.8 Å². The second-order valence-electron chi connectivity index (χ2n) is 5.67. The summed E-state index contributed by atoms with van der Waals surface area (Å²) < 4.78 is 5.38. The van der Waals surface area contributed by atoms with Crippen molar-refractivity contribution in [2.75, 3.05) is 26.3 Å². The SMILES string of the molecule is CCNC1COCC1C(=O)NCC1CCCCC1O. The van der Waals surface area contributed by atoms with E-state index in [1.165, 1.54) is 0 Å². The van der Waals surface area contributed by atoms with Crippen molar-refractivity contribution >= 4 is 5.91 Å². The first-order valence-corrected chi connectivity index (χ1v) is 7.49. The Labute approximate surface area is 115 Å². The summed E-state index contributed by atoms with van der Waals surface area (Å²) in [5, 5.41) is 16.2. The molecule has 0 bridgehead atoms. The molecule has 2 rings (SSSR count). The van der Waals surface area contributed by atoms with Crippen LogP contribution in [0.25, 0.3) is 0 Å². The Morgan fingerprint density at radius 2 is 2.11 bits per heavy atom. The standard InChI is InChI=1S/C14H26N2O3/c1-2-15-12-9-19-8-11(12)14(18)16-7-10-5-3-4-6-13(10)17/h10-13,15,17H,2-9H2,1H3,(H,16,18). The maximum Gasteiger partial charge on any atom is 0.227 e. The molecule has 2 fully saturated rings. The smallest absolute Gasteiger partial charge is 0.227 e. The fourth-order valence-corrected chi connectivity index (χ4v) is 3.07. The number of carbonyl (C=O) groups excluding carboxylic acids is 1. The normalized spacial score (nSPS) is 35.3. The van der Waals surface area contributed by atoms with Gasteiger partial charge in [-0.1, -0.05) is 19.8 Å². The van der Waals surface area contributed by atoms with Gasteiger partial charge in [-0.3, -0.25) is 4.79 Å². The lowest BCUT2D eigenvalue weighted by atomic mass is 9.86. The molecule has 1 aliphatic carbocycles. The molecule has 2 aliphatic rings. The number of amides is 1. The van der Waals surface area contributed by atoms with Crippen molar-refractivity contribution < 1.29 is 14.6 Å². The van der Waals surface area contributed by atoms with Crippen LogP contribution in [0.1, 0.15) is 32.6 Å². The lowest BCUT2D eigenvalue weighted by Gasteiger charge is -2.28. The molecule has 19 heavy (non-hydrogen) atoms. The number of nitrogens with one attached hydrogen (secondary N) is 2. The Kier molecular flexibility index (Phi) is 5.60. The van der Waals surface area contributed by atoms with Crippen molar-refractivity contribution in [3.8, 4) is 0 Å². The van der Waals surface area contributed by atoms with Crippen LogP contribution in [0.2, 0.25) is 0 Å². The van der Waals surface area contributed by atoms with E-state index in [1.807, 2.05) is 6.92 Å². The predicted octanol–water partition coefficient (Wildman–Crippen LogP) is 0.278. The Balaban J connectivity index is 1.77. The minimum absolute atomic E-state index is 0.0567. The van der Waals surface area contributed by atoms with E-state index in [0.29, 0.717) is 19.8 Å². The summed E-state index contributed by atoms with van der Waals surface area (Å²) in [4.78, 5) is 12.2. The van der Waals surface area contributed by atoms with Gasteiger partial charge in [-0.2, -0.15) is 0 Å². The second-order valence-corrected chi connectivity index (χ2v) is 5.67. The van der Waals surface area contributed by atoms with Gasteiger partial charge in [-0.15, -0.1) is 0 Å². The molecular weight excluding hydrogens is 244 g/mol. The number of likely N-dealkylation sites (N-methyl/N-ethyl adjacent to an activating group) is 1. The monoisotopic (exact) mass is 270 g/mol. The van der Waals surface area contributed by atoms with Crippen LogP contribution in [-0.2, 0) is 9.53 Å². The lowest BCUT2D eigenvalue weighted by Crippen LogP contribution is -2.46. The highest BCUT2D eigenvalue weighted by Gasteiger charge is 2.34. The zero-order chi connectivity index (χ0) is 13.7. The number of hydrogen-bond acceptors (Lipinski definition) is 4. The number of aliphatic hydroxyl groups is 1. The molecule has 3 N–H and O–H groups in total. The van der Waals surface area contributed by atoms with E-state index < -0.39 is 0 Å². The van der Waals surface area contributed by atoms with Crippen LogP contribution in [0.5, 0.6) is 0 Å². The van der Waals surface area contributed by atoms with Gasteiger partial charge < -0.3 is 20.5 Å². The van der Waals surface area contributed by atoms with Crippen LogP contribution in [0.3, 0.4) is 0 Å². The van der Waals surface area contributed by atoms with Crippen LogP contribution < -0.4 is 10.6 Å². The summed E-state index contributed by atoms with van der Waals surface area (Å²) in [6.45, 7) is 4.58. The Hall–Kier alpha value is -0.650. The van der Waals surface area contributed by atoms with E-state index in [-0.39, 0.29) is 29.9 Å². The van der Waals surface area contributed by atoms with E-state index in [2.05, 4.69) is 10.6 Å². The van der Waals surface area contributed by atoms with Crippen molar-refractivity contribution in [1.29, 1.82) is 0 Å². The molecule has 5 nitrogen and oxygen atoms in total. The predicted molar refractivity (Wildman–Crippen MR) is 72.7 cm³/mol. The second kappa shape index (κ2) is 7.22. The molecule has 1 aliphatic heterocycles. The van der Waals surface area contributed by atoms with Crippen molar-refractivity contribution in [2.24, 2.45) is 11.8 Å². The van der Waals surface area contributed by atoms with Gasteiger partial charge in [0.2, 0.25) is 5.91 Å². The molecule has 1 saturated carbocycles. The molecule has 1 heterocycles. The van der Waals surface area contributed by atoms with Crippen molar-refractivity contribution in [3.63, 3.8) is 0 Å². The summed E-state index contributed by atoms with van der Waals surface area (Å²) in [6, 6.07) is 0.126. The third kappa shape index (κ3) is 3.91. The van der Waals surface area contributed by atoms with Gasteiger partial charge in [0.25, 0.3) is 0 Å². The number of carbonyl (C=O) groups is 1. The van der Waals surface area contributed by atoms with Crippen LogP contribution in [-0.4, -0.2) is 49.5 Å². The van der Waals surface area contributed by atoms with Gasteiger partial charge in [0.15, 0.2) is 0 Å². The first kappa shape index (κ1) is 14.8. The Bertz CT molecular complexity index is 298. The molecule has 0 radical (unpaired) electrons. The van der Waals surface area contributed by atoms with Crippen LogP contribution in [0.4, 0.5) is 0 Å². The fraction of sp³-hybridized carbons (Fsp3) is 0.929. The number of rotatable bonds is 5. The fourth-order valence-electron chi connectivity index (χ4n) is 3.07. The first-order valence-electron chi connectivity index (χ1n) is 7.49. The molecule has 110 valence electrons. The average Bonchev–Trinajstić information content (AvgIpc) is 2.86. The highest BCUT2D eigenvalue weighted by Crippen LogP contribution is 2.24. The molecule has 0 aromatic heterocycles. The number of aliphatic hydroxyl groups excluding tert-OH is 1. The summed E-state index contributed by atoms with van der Waals surface area (Å²) >= 11 is 0. The molecule has 0 aromatic rings. The minimum atomic E-state index is -0.251. The Morgan fingerprint density at radius 1 is 1.32 bits per heavy atom. The van der Waals surface area contributed by atoms with E-state index in [9.17, 15) is 9.90 Å². The zero-order valence-corrected chi connectivity index (χ0v) is 11.7. The molecule has 0 aromatic carbocycles. The summed E-state index contributed by atoms with van der Waals surface area (Å²) in [7, 11) is 0. The molecule has 4 atom stereocenters. The summed E-state index contributed by atoms with van der Waals surface area (Å²) in [5.41, 5.74) is 0. The van der Waals surface area contributed by atoms with Gasteiger partial charge in [-0.25, -0.2) is 0 Å². The molecule has 1 saturated heterocycles. The van der Waals surface area contributed by atoms with Crippen molar-refractivity contribution in [2.45, 2.75) is 44.8 Å². The van der Waals surface area contributed by atoms with Gasteiger partial charge in [-0.05, 0) is 19.4 Å². The lowest BCUT2D eigenvalue weighted by molar-refractivity contribution is -0.125. The first-order chi connectivity index (χ1) is 9.22. The van der Waals surface area contributed by atoms with Crippen molar-refractivity contribution in [3.05, 3.63) is 0 Å². The van der Waals surface area contributed by atoms with E-state index >= 15 is 0 Å². The summed E-state index contributed by atoms with van der Waals surface area (Å²) in [6.07, 6.45) is 3.89. The minimum Gasteiger partial charge on any atom is -0.393 e. The van der Waals surface area contributed by atoms with Gasteiger partial charge >= 0.3 is 0 Å². The highest BCUT2D eigenvalue weighted by molar-refractivity contribution is 5.79. The summed E-state index contributed by atoms with van der Waals surface area (Å²) in [5.74, 6) is 0.180. The molecule has 5 heteroatoms. The molecule has 1 amide bonds. The number of ether oxygens (including phenoxy) is 1. The van der Waals surface area contributed by atoms with Gasteiger partial charge in [0.05, 0.1) is 25.2 Å². The largest absolute Gasteiger partial charge is 0.393 e. The van der Waals surface area contributed by atoms with Crippen LogP contribution >= 0.6 is 0 Å². The van der Waals surface area contributed by atoms with Crippen LogP contribution in [0.15, 0.2) is 0 Å². The maximum atomic E-state index is 12.2. The third-order valence-electron chi connectivity index (χ3n) is 4.29.